The van der Waals surface area contributed by atoms with Gasteiger partial charge in [-0.05, 0) is 48.7 Å². The Balaban J connectivity index is 1.92. The fourth-order valence-electron chi connectivity index (χ4n) is 3.72. The molecule has 0 saturated heterocycles. The minimum absolute atomic E-state index is 0.0193. The highest BCUT2D eigenvalue weighted by molar-refractivity contribution is 5.81. The highest BCUT2D eigenvalue weighted by Gasteiger charge is 2.24. The van der Waals surface area contributed by atoms with E-state index in [0.29, 0.717) is 6.42 Å². The Kier molecular flexibility index (Phi) is 4.67. The average molecular weight is 361 g/mol. The van der Waals surface area contributed by atoms with Gasteiger partial charge in [-0.3, -0.25) is 9.36 Å². The molecule has 0 fully saturated rings. The number of fused-ring (bicyclic) bond motifs is 3. The first-order valence-electron chi connectivity index (χ1n) is 9.25. The van der Waals surface area contributed by atoms with Crippen molar-refractivity contribution in [2.75, 3.05) is 14.2 Å². The summed E-state index contributed by atoms with van der Waals surface area (Å²) in [5.41, 5.74) is 5.23. The summed E-state index contributed by atoms with van der Waals surface area (Å²) in [7, 11) is 3.32. The number of aromatic nitrogens is 2. The number of ether oxygens (including phenoxy) is 1. The fourth-order valence-corrected chi connectivity index (χ4v) is 3.72. The van der Waals surface area contributed by atoms with Crippen LogP contribution in [0.2, 0.25) is 0 Å². The minimum Gasteiger partial charge on any atom is -0.497 e. The van der Waals surface area contributed by atoms with Crippen LogP contribution in [0.1, 0.15) is 23.5 Å². The van der Waals surface area contributed by atoms with Gasteiger partial charge in [-0.1, -0.05) is 18.2 Å². The van der Waals surface area contributed by atoms with Crippen LogP contribution in [0.4, 0.5) is 0 Å². The Morgan fingerprint density at radius 3 is 2.67 bits per heavy atom. The second-order valence-electron chi connectivity index (χ2n) is 6.72. The average Bonchev–Trinajstić information content (AvgIpc) is 2.95. The highest BCUT2D eigenvalue weighted by atomic mass is 16.5. The molecule has 0 atom stereocenters. The lowest BCUT2D eigenvalue weighted by molar-refractivity contribution is -0.120. The number of carbonyl (C=O) groups is 1. The maximum absolute atomic E-state index is 12.3. The van der Waals surface area contributed by atoms with Crippen LogP contribution in [0.3, 0.4) is 0 Å². The topological polar surface area (TPSA) is 56.1 Å². The van der Waals surface area contributed by atoms with E-state index in [1.165, 1.54) is 5.56 Å². The molecule has 0 spiro atoms. The lowest BCUT2D eigenvalue weighted by Crippen LogP contribution is -2.22. The number of rotatable bonds is 4. The van der Waals surface area contributed by atoms with Crippen molar-refractivity contribution in [1.82, 2.24) is 14.9 Å². The lowest BCUT2D eigenvalue weighted by Gasteiger charge is -2.14. The van der Waals surface area contributed by atoms with E-state index >= 15 is 0 Å². The van der Waals surface area contributed by atoms with Crippen molar-refractivity contribution in [1.29, 1.82) is 0 Å². The number of amides is 1. The van der Waals surface area contributed by atoms with Gasteiger partial charge in [-0.25, -0.2) is 4.98 Å². The molecule has 1 aliphatic heterocycles. The van der Waals surface area contributed by atoms with Crippen LogP contribution in [0.5, 0.6) is 5.75 Å². The number of benzene rings is 2. The summed E-state index contributed by atoms with van der Waals surface area (Å²) in [5.74, 6) is 1.80. The number of para-hydroxylation sites is 1. The number of aryl methyl sites for hydroxylation is 2. The first kappa shape index (κ1) is 17.3. The number of methoxy groups -OCH3 is 1. The third kappa shape index (κ3) is 3.21. The number of imidazole rings is 1. The van der Waals surface area contributed by atoms with Gasteiger partial charge >= 0.3 is 0 Å². The molecule has 3 aromatic rings. The second kappa shape index (κ2) is 7.27. The molecule has 5 heteroatoms. The summed E-state index contributed by atoms with van der Waals surface area (Å²) in [5, 5.41) is 2.75. The predicted molar refractivity (Wildman–Crippen MR) is 105 cm³/mol. The van der Waals surface area contributed by atoms with Gasteiger partial charge in [0, 0.05) is 19.0 Å². The fraction of sp³-hybridized carbons (Fsp3) is 0.273. The SMILES string of the molecule is CNC(=O)Cc1c(-c2ccc(OC)cc2)nc2n1-c1ccccc1CCC2. The molecule has 2 heterocycles. The first-order valence-corrected chi connectivity index (χ1v) is 9.25. The molecule has 0 radical (unpaired) electrons. The molecule has 1 N–H and O–H groups in total. The molecule has 1 amide bonds. The van der Waals surface area contributed by atoms with Crippen LogP contribution in [0, 0.1) is 0 Å². The zero-order valence-corrected chi connectivity index (χ0v) is 15.7. The molecule has 138 valence electrons. The molecular formula is C22H23N3O2. The maximum atomic E-state index is 12.3. The number of nitrogens with one attached hydrogen (secondary N) is 1. The molecule has 1 aliphatic rings. The predicted octanol–water partition coefficient (Wildman–Crippen LogP) is 3.33. The normalized spacial score (nSPS) is 12.7. The van der Waals surface area contributed by atoms with Gasteiger partial charge in [0.2, 0.25) is 5.91 Å². The monoisotopic (exact) mass is 361 g/mol. The van der Waals surface area contributed by atoms with Gasteiger partial charge in [-0.2, -0.15) is 0 Å². The molecule has 2 aromatic carbocycles. The lowest BCUT2D eigenvalue weighted by atomic mass is 10.1. The van der Waals surface area contributed by atoms with Crippen molar-refractivity contribution in [2.45, 2.75) is 25.7 Å². The van der Waals surface area contributed by atoms with Gasteiger partial charge in [-0.15, -0.1) is 0 Å². The molecule has 0 bridgehead atoms. The first-order chi connectivity index (χ1) is 13.2. The van der Waals surface area contributed by atoms with Crippen molar-refractivity contribution >= 4 is 5.91 Å². The molecule has 27 heavy (non-hydrogen) atoms. The Morgan fingerprint density at radius 2 is 1.93 bits per heavy atom. The molecule has 0 unspecified atom stereocenters. The van der Waals surface area contributed by atoms with Crippen LogP contribution in [0.25, 0.3) is 16.9 Å². The Bertz CT molecular complexity index is 974. The smallest absolute Gasteiger partial charge is 0.225 e. The number of likely N-dealkylation sites (N-methyl/N-ethyl adjacent to an activating group) is 1. The van der Waals surface area contributed by atoms with E-state index in [1.807, 2.05) is 30.3 Å². The van der Waals surface area contributed by atoms with E-state index in [-0.39, 0.29) is 5.91 Å². The molecule has 5 nitrogen and oxygen atoms in total. The number of carbonyl (C=O) groups excluding carboxylic acids is 1. The summed E-state index contributed by atoms with van der Waals surface area (Å²) in [6.45, 7) is 0. The van der Waals surface area contributed by atoms with Crippen LogP contribution in [-0.4, -0.2) is 29.6 Å². The van der Waals surface area contributed by atoms with Crippen LogP contribution in [0.15, 0.2) is 48.5 Å². The van der Waals surface area contributed by atoms with Gasteiger partial charge in [0.25, 0.3) is 0 Å². The van der Waals surface area contributed by atoms with Gasteiger partial charge in [0.15, 0.2) is 0 Å². The van der Waals surface area contributed by atoms with E-state index < -0.39 is 0 Å². The van der Waals surface area contributed by atoms with Crippen LogP contribution < -0.4 is 10.1 Å². The van der Waals surface area contributed by atoms with E-state index in [2.05, 4.69) is 28.1 Å². The second-order valence-corrected chi connectivity index (χ2v) is 6.72. The third-order valence-electron chi connectivity index (χ3n) is 5.09. The van der Waals surface area contributed by atoms with Crippen molar-refractivity contribution in [3.8, 4) is 22.7 Å². The minimum atomic E-state index is -0.0193. The van der Waals surface area contributed by atoms with Crippen molar-refractivity contribution in [2.24, 2.45) is 0 Å². The molecule has 4 rings (SSSR count). The summed E-state index contributed by atoms with van der Waals surface area (Å²) in [6.07, 6.45) is 3.26. The maximum Gasteiger partial charge on any atom is 0.225 e. The Labute approximate surface area is 159 Å². The number of nitrogens with zero attached hydrogens (tertiary/aromatic N) is 2. The molecule has 1 aromatic heterocycles. The summed E-state index contributed by atoms with van der Waals surface area (Å²) in [4.78, 5) is 17.2. The van der Waals surface area contributed by atoms with Gasteiger partial charge in [0.1, 0.15) is 11.6 Å². The van der Waals surface area contributed by atoms with Gasteiger partial charge in [0.05, 0.1) is 30.6 Å². The van der Waals surface area contributed by atoms with E-state index in [1.54, 1.807) is 14.2 Å². The summed E-state index contributed by atoms with van der Waals surface area (Å²) in [6, 6.07) is 16.3. The zero-order valence-electron chi connectivity index (χ0n) is 15.7. The number of hydrogen-bond donors (Lipinski definition) is 1. The Hall–Kier alpha value is -3.08. The van der Waals surface area contributed by atoms with Crippen LogP contribution in [-0.2, 0) is 24.1 Å². The number of hydrogen-bond acceptors (Lipinski definition) is 3. The van der Waals surface area contributed by atoms with Crippen molar-refractivity contribution in [3.63, 3.8) is 0 Å². The van der Waals surface area contributed by atoms with E-state index in [9.17, 15) is 4.79 Å². The Morgan fingerprint density at radius 1 is 1.15 bits per heavy atom. The zero-order chi connectivity index (χ0) is 18.8. The van der Waals surface area contributed by atoms with E-state index in [4.69, 9.17) is 9.72 Å². The van der Waals surface area contributed by atoms with Crippen LogP contribution >= 0.6 is 0 Å². The summed E-state index contributed by atoms with van der Waals surface area (Å²) >= 11 is 0. The standard InChI is InChI=1S/C22H23N3O2/c1-23-21(26)14-19-22(16-10-12-17(27-2)13-11-16)24-20-9-5-7-15-6-3-4-8-18(15)25(19)20/h3-4,6,8,10-13H,5,7,9,14H2,1-2H3,(H,23,26). The third-order valence-corrected chi connectivity index (χ3v) is 5.09. The summed E-state index contributed by atoms with van der Waals surface area (Å²) < 4.78 is 7.46. The quantitative estimate of drug-likeness (QED) is 0.776. The molecular weight excluding hydrogens is 338 g/mol. The molecule has 0 aliphatic carbocycles. The highest BCUT2D eigenvalue weighted by Crippen LogP contribution is 2.32. The molecule has 0 saturated carbocycles. The largest absolute Gasteiger partial charge is 0.497 e. The van der Waals surface area contributed by atoms with Gasteiger partial charge < -0.3 is 10.1 Å². The van der Waals surface area contributed by atoms with E-state index in [0.717, 1.165) is 53.5 Å². The van der Waals surface area contributed by atoms with Crippen molar-refractivity contribution in [3.05, 3.63) is 65.6 Å². The van der Waals surface area contributed by atoms with Crippen molar-refractivity contribution < 1.29 is 9.53 Å².